The maximum absolute atomic E-state index is 10.8. The maximum atomic E-state index is 10.8. The molecule has 1 atom stereocenters. The van der Waals surface area contributed by atoms with Crippen molar-refractivity contribution in [2.24, 2.45) is 0 Å². The molecule has 0 amide bonds. The van der Waals surface area contributed by atoms with Gasteiger partial charge in [-0.3, -0.25) is 4.79 Å². The first-order valence-corrected chi connectivity index (χ1v) is 4.70. The van der Waals surface area contributed by atoms with Crippen LogP contribution in [0.15, 0.2) is 24.3 Å². The molecular formula is C11H15NO3. The van der Waals surface area contributed by atoms with E-state index in [4.69, 9.17) is 9.84 Å². The molecule has 0 saturated carbocycles. The number of rotatable bonds is 5. The summed E-state index contributed by atoms with van der Waals surface area (Å²) in [4.78, 5) is 10.8. The van der Waals surface area contributed by atoms with Crippen molar-refractivity contribution < 1.29 is 14.6 Å². The molecular weight excluding hydrogens is 194 g/mol. The van der Waals surface area contributed by atoms with Crippen LogP contribution in [-0.4, -0.2) is 31.3 Å². The number of nitrogens with one attached hydrogen (secondary N) is 1. The van der Waals surface area contributed by atoms with E-state index in [2.05, 4.69) is 5.32 Å². The molecule has 1 unspecified atom stereocenters. The summed E-state index contributed by atoms with van der Waals surface area (Å²) in [7, 11) is 3.24. The number of methoxy groups -OCH3 is 1. The molecule has 0 radical (unpaired) electrons. The van der Waals surface area contributed by atoms with Gasteiger partial charge < -0.3 is 15.2 Å². The Hall–Kier alpha value is -1.55. The zero-order valence-corrected chi connectivity index (χ0v) is 8.86. The predicted octanol–water partition coefficient (Wildman–Crippen LogP) is 0.910. The van der Waals surface area contributed by atoms with Crippen LogP contribution in [0.2, 0.25) is 0 Å². The fourth-order valence-electron chi connectivity index (χ4n) is 1.31. The molecule has 0 heterocycles. The van der Waals surface area contributed by atoms with Crippen LogP contribution in [0.3, 0.4) is 0 Å². The molecule has 4 nitrogen and oxygen atoms in total. The quantitative estimate of drug-likeness (QED) is 0.756. The highest BCUT2D eigenvalue weighted by Gasteiger charge is 2.14. The van der Waals surface area contributed by atoms with Crippen LogP contribution in [0.5, 0.6) is 5.75 Å². The lowest BCUT2D eigenvalue weighted by molar-refractivity contribution is -0.139. The fourth-order valence-corrected chi connectivity index (χ4v) is 1.31. The van der Waals surface area contributed by atoms with Crippen molar-refractivity contribution >= 4 is 5.97 Å². The lowest BCUT2D eigenvalue weighted by atomic mass is 10.1. The van der Waals surface area contributed by atoms with Crippen molar-refractivity contribution in [1.29, 1.82) is 0 Å². The molecule has 0 fully saturated rings. The Balaban J connectivity index is 2.67. The molecule has 0 saturated heterocycles. The van der Waals surface area contributed by atoms with Gasteiger partial charge in [-0.05, 0) is 31.2 Å². The number of carbonyl (C=O) groups is 1. The Bertz CT molecular complexity index is 321. The first-order valence-electron chi connectivity index (χ1n) is 4.70. The maximum Gasteiger partial charge on any atom is 0.321 e. The van der Waals surface area contributed by atoms with Gasteiger partial charge in [0.05, 0.1) is 7.11 Å². The van der Waals surface area contributed by atoms with Gasteiger partial charge in [0.1, 0.15) is 11.8 Å². The van der Waals surface area contributed by atoms with Crippen LogP contribution < -0.4 is 10.1 Å². The van der Waals surface area contributed by atoms with E-state index in [0.29, 0.717) is 6.42 Å². The van der Waals surface area contributed by atoms with Crippen molar-refractivity contribution in [3.05, 3.63) is 29.8 Å². The summed E-state index contributed by atoms with van der Waals surface area (Å²) < 4.78 is 5.02. The fraction of sp³-hybridized carbons (Fsp3) is 0.364. The predicted molar refractivity (Wildman–Crippen MR) is 57.2 cm³/mol. The number of likely N-dealkylation sites (N-methyl/N-ethyl adjacent to an activating group) is 1. The monoisotopic (exact) mass is 209 g/mol. The van der Waals surface area contributed by atoms with Gasteiger partial charge in [-0.2, -0.15) is 0 Å². The third-order valence-corrected chi connectivity index (χ3v) is 2.25. The van der Waals surface area contributed by atoms with Crippen molar-refractivity contribution in [2.45, 2.75) is 12.5 Å². The molecule has 0 bridgehead atoms. The highest BCUT2D eigenvalue weighted by molar-refractivity contribution is 5.73. The topological polar surface area (TPSA) is 58.6 Å². The molecule has 0 aliphatic carbocycles. The number of carboxylic acid groups (broad SMARTS) is 1. The molecule has 15 heavy (non-hydrogen) atoms. The minimum Gasteiger partial charge on any atom is -0.497 e. The van der Waals surface area contributed by atoms with Gasteiger partial charge in [0.25, 0.3) is 0 Å². The van der Waals surface area contributed by atoms with Gasteiger partial charge >= 0.3 is 5.97 Å². The summed E-state index contributed by atoms with van der Waals surface area (Å²) >= 11 is 0. The van der Waals surface area contributed by atoms with E-state index in [9.17, 15) is 4.79 Å². The third kappa shape index (κ3) is 3.25. The summed E-state index contributed by atoms with van der Waals surface area (Å²) in [5, 5.41) is 11.6. The van der Waals surface area contributed by atoms with Crippen LogP contribution in [-0.2, 0) is 11.2 Å². The van der Waals surface area contributed by atoms with Crippen molar-refractivity contribution in [2.75, 3.05) is 14.2 Å². The standard InChI is InChI=1S/C11H15NO3/c1-12-10(11(13)14)7-8-3-5-9(15-2)6-4-8/h3-6,10,12H,7H2,1-2H3,(H,13,14). The molecule has 0 spiro atoms. The molecule has 1 aromatic carbocycles. The normalized spacial score (nSPS) is 12.1. The van der Waals surface area contributed by atoms with Gasteiger partial charge in [0.15, 0.2) is 0 Å². The minimum absolute atomic E-state index is 0.468. The lowest BCUT2D eigenvalue weighted by Crippen LogP contribution is -2.35. The summed E-state index contributed by atoms with van der Waals surface area (Å²) in [6.45, 7) is 0. The molecule has 0 aromatic heterocycles. The van der Waals surface area contributed by atoms with E-state index >= 15 is 0 Å². The van der Waals surface area contributed by atoms with Crippen molar-refractivity contribution in [3.8, 4) is 5.75 Å². The lowest BCUT2D eigenvalue weighted by Gasteiger charge is -2.11. The van der Waals surface area contributed by atoms with Crippen LogP contribution in [0.25, 0.3) is 0 Å². The van der Waals surface area contributed by atoms with E-state index in [0.717, 1.165) is 11.3 Å². The van der Waals surface area contributed by atoms with Crippen LogP contribution >= 0.6 is 0 Å². The van der Waals surface area contributed by atoms with E-state index in [1.165, 1.54) is 0 Å². The summed E-state index contributed by atoms with van der Waals surface area (Å²) in [6.07, 6.45) is 0.468. The van der Waals surface area contributed by atoms with Crippen molar-refractivity contribution in [1.82, 2.24) is 5.32 Å². The first kappa shape index (κ1) is 11.5. The second-order valence-electron chi connectivity index (χ2n) is 3.23. The van der Waals surface area contributed by atoms with Gasteiger partial charge in [-0.25, -0.2) is 0 Å². The van der Waals surface area contributed by atoms with Gasteiger partial charge in [-0.15, -0.1) is 0 Å². The molecule has 1 aromatic rings. The van der Waals surface area contributed by atoms with Gasteiger partial charge in [0.2, 0.25) is 0 Å². The highest BCUT2D eigenvalue weighted by Crippen LogP contribution is 2.12. The largest absolute Gasteiger partial charge is 0.497 e. The number of aliphatic carboxylic acids is 1. The van der Waals surface area contributed by atoms with E-state index in [1.54, 1.807) is 14.2 Å². The Labute approximate surface area is 88.9 Å². The van der Waals surface area contributed by atoms with Gasteiger partial charge in [0, 0.05) is 0 Å². The SMILES string of the molecule is CNC(Cc1ccc(OC)cc1)C(=O)O. The van der Waals surface area contributed by atoms with E-state index < -0.39 is 12.0 Å². The molecule has 0 aliphatic heterocycles. The van der Waals surface area contributed by atoms with Crippen LogP contribution in [0.4, 0.5) is 0 Å². The summed E-state index contributed by atoms with van der Waals surface area (Å²) in [5.41, 5.74) is 0.970. The van der Waals surface area contributed by atoms with Crippen molar-refractivity contribution in [3.63, 3.8) is 0 Å². The second-order valence-corrected chi connectivity index (χ2v) is 3.23. The smallest absolute Gasteiger partial charge is 0.321 e. The van der Waals surface area contributed by atoms with Gasteiger partial charge in [-0.1, -0.05) is 12.1 Å². The number of ether oxygens (including phenoxy) is 1. The zero-order chi connectivity index (χ0) is 11.3. The van der Waals surface area contributed by atoms with E-state index in [1.807, 2.05) is 24.3 Å². The zero-order valence-electron chi connectivity index (χ0n) is 8.86. The minimum atomic E-state index is -0.840. The number of hydrogen-bond acceptors (Lipinski definition) is 3. The molecule has 2 N–H and O–H groups in total. The summed E-state index contributed by atoms with van der Waals surface area (Å²) in [6, 6.07) is 6.84. The number of benzene rings is 1. The Morgan fingerprint density at radius 3 is 2.47 bits per heavy atom. The molecule has 1 rings (SSSR count). The second kappa shape index (κ2) is 5.36. The Morgan fingerprint density at radius 2 is 2.07 bits per heavy atom. The number of hydrogen-bond donors (Lipinski definition) is 2. The molecule has 0 aliphatic rings. The van der Waals surface area contributed by atoms with Crippen LogP contribution in [0, 0.1) is 0 Å². The van der Waals surface area contributed by atoms with E-state index in [-0.39, 0.29) is 0 Å². The third-order valence-electron chi connectivity index (χ3n) is 2.25. The molecule has 4 heteroatoms. The summed E-state index contributed by atoms with van der Waals surface area (Å²) in [5.74, 6) is -0.0663. The average molecular weight is 209 g/mol. The van der Waals surface area contributed by atoms with Crippen LogP contribution in [0.1, 0.15) is 5.56 Å². The average Bonchev–Trinajstić information content (AvgIpc) is 2.26. The number of carboxylic acids is 1. The molecule has 82 valence electrons. The first-order chi connectivity index (χ1) is 7.17. The Kier molecular flexibility index (Phi) is 4.12. The Morgan fingerprint density at radius 1 is 1.47 bits per heavy atom. The highest BCUT2D eigenvalue weighted by atomic mass is 16.5.